The normalized spacial score (nSPS) is 22.0. The van der Waals surface area contributed by atoms with Gasteiger partial charge in [0, 0.05) is 61.8 Å². The summed E-state index contributed by atoms with van der Waals surface area (Å²) in [6.07, 6.45) is 5.51. The Labute approximate surface area is 472 Å². The zero-order valence-electron chi connectivity index (χ0n) is 49.5. The fourth-order valence-electron chi connectivity index (χ4n) is 15.9. The van der Waals surface area contributed by atoms with Gasteiger partial charge in [-0.2, -0.15) is 0 Å². The van der Waals surface area contributed by atoms with Crippen LogP contribution < -0.4 is 36.8 Å². The second kappa shape index (κ2) is 16.3. The third-order valence-corrected chi connectivity index (χ3v) is 20.9. The molecule has 79 heavy (non-hydrogen) atoms. The van der Waals surface area contributed by atoms with E-state index < -0.39 is 0 Å². The molecule has 0 spiro atoms. The number of nitrogen functional groups attached to an aromatic ring is 1. The number of benzene rings is 8. The van der Waals surface area contributed by atoms with E-state index in [0.717, 1.165) is 31.4 Å². The van der Waals surface area contributed by atoms with Crippen LogP contribution >= 0.6 is 0 Å². The maximum Gasteiger partial charge on any atom is 0.252 e. The highest BCUT2D eigenvalue weighted by Gasteiger charge is 2.61. The lowest BCUT2D eigenvalue weighted by Gasteiger charge is -2.49. The standard InChI is InChI=1S/C74H79BN4/c1-68(2,3)47-26-29-60(51(36-47)45-22-17-15-18-23-45)77-62-31-28-50-40-57(62)75-58-41-54-53(71(10,11)34-35-72(54,12)55-44-63-56(42-59(55)76)73(13)32-21-33-74(73,14)79(50)63)43-64(58)78(66-39-49(70(7,8)9)38-65(77)67(66)75)61-30-27-48(69(4,5)6)37-52(61)46-24-19-16-20-25-46/h15-20,22-31,36-44H,21,32-35,76H2,1-14H3. The van der Waals surface area contributed by atoms with Crippen LogP contribution in [-0.4, -0.2) is 12.3 Å². The summed E-state index contributed by atoms with van der Waals surface area (Å²) in [6, 6.07) is 60.2. The topological polar surface area (TPSA) is 35.7 Å². The highest BCUT2D eigenvalue weighted by molar-refractivity contribution is 7.00. The van der Waals surface area contributed by atoms with Gasteiger partial charge in [-0.1, -0.05) is 175 Å². The first-order valence-electron chi connectivity index (χ1n) is 29.6. The summed E-state index contributed by atoms with van der Waals surface area (Å²) < 4.78 is 0. The molecule has 8 aromatic rings. The van der Waals surface area contributed by atoms with E-state index in [0.29, 0.717) is 0 Å². The molecule has 2 aliphatic carbocycles. The predicted octanol–water partition coefficient (Wildman–Crippen LogP) is 17.6. The monoisotopic (exact) mass is 1030 g/mol. The Balaban J connectivity index is 1.18. The van der Waals surface area contributed by atoms with E-state index >= 15 is 0 Å². The lowest BCUT2D eigenvalue weighted by molar-refractivity contribution is 0.330. The first-order chi connectivity index (χ1) is 37.3. The van der Waals surface area contributed by atoms with Crippen molar-refractivity contribution in [3.05, 3.63) is 191 Å². The number of nitrogens with zero attached hydrogens (tertiary/aromatic N) is 3. The summed E-state index contributed by atoms with van der Waals surface area (Å²) in [7, 11) is 0. The lowest BCUT2D eigenvalue weighted by atomic mass is 9.33. The van der Waals surface area contributed by atoms with Gasteiger partial charge in [0.05, 0.1) is 16.9 Å². The molecule has 0 saturated heterocycles. The molecule has 4 heterocycles. The summed E-state index contributed by atoms with van der Waals surface area (Å²) >= 11 is 0. The van der Waals surface area contributed by atoms with Crippen LogP contribution in [0.25, 0.3) is 22.3 Å². The number of hydrogen-bond donors (Lipinski definition) is 1. The Kier molecular flexibility index (Phi) is 10.4. The molecule has 3 atom stereocenters. The van der Waals surface area contributed by atoms with Gasteiger partial charge in [0.1, 0.15) is 0 Å². The average Bonchev–Trinajstić information content (AvgIpc) is 2.88. The van der Waals surface area contributed by atoms with Crippen LogP contribution in [0, 0.1) is 0 Å². The van der Waals surface area contributed by atoms with Crippen molar-refractivity contribution in [1.29, 1.82) is 0 Å². The fourth-order valence-corrected chi connectivity index (χ4v) is 15.9. The van der Waals surface area contributed by atoms with Crippen LogP contribution in [0.4, 0.5) is 51.2 Å². The van der Waals surface area contributed by atoms with Gasteiger partial charge in [-0.15, -0.1) is 0 Å². The van der Waals surface area contributed by atoms with Gasteiger partial charge in [-0.25, -0.2) is 0 Å². The van der Waals surface area contributed by atoms with Gasteiger partial charge < -0.3 is 20.4 Å². The highest BCUT2D eigenvalue weighted by Crippen LogP contribution is 2.65. The molecule has 1 fully saturated rings. The van der Waals surface area contributed by atoms with Crippen molar-refractivity contribution in [2.24, 2.45) is 0 Å². The molecule has 3 unspecified atom stereocenters. The molecule has 4 nitrogen and oxygen atoms in total. The molecule has 4 aliphatic heterocycles. The van der Waals surface area contributed by atoms with Gasteiger partial charge in [-0.3, -0.25) is 0 Å². The quantitative estimate of drug-likeness (QED) is 0.141. The molecule has 2 N–H and O–H groups in total. The summed E-state index contributed by atoms with van der Waals surface area (Å²) in [5.74, 6) is 0. The minimum atomic E-state index is -0.340. The zero-order chi connectivity index (χ0) is 55.3. The van der Waals surface area contributed by atoms with Crippen LogP contribution in [0.2, 0.25) is 0 Å². The van der Waals surface area contributed by atoms with Crippen molar-refractivity contribution in [1.82, 2.24) is 0 Å². The van der Waals surface area contributed by atoms with E-state index in [4.69, 9.17) is 5.73 Å². The second-order valence-electron chi connectivity index (χ2n) is 29.1. The summed E-state index contributed by atoms with van der Waals surface area (Å²) in [4.78, 5) is 8.23. The van der Waals surface area contributed by atoms with E-state index in [9.17, 15) is 0 Å². The number of fused-ring (bicyclic) bond motifs is 7. The Morgan fingerprint density at radius 3 is 1.53 bits per heavy atom. The molecule has 0 radical (unpaired) electrons. The van der Waals surface area contributed by atoms with Crippen molar-refractivity contribution in [2.45, 2.75) is 167 Å². The van der Waals surface area contributed by atoms with E-state index in [-0.39, 0.29) is 44.7 Å². The Morgan fingerprint density at radius 1 is 0.430 bits per heavy atom. The summed E-state index contributed by atoms with van der Waals surface area (Å²) in [6.45, 7) is 33.8. The van der Waals surface area contributed by atoms with Gasteiger partial charge in [0.25, 0.3) is 6.71 Å². The van der Waals surface area contributed by atoms with Crippen LogP contribution in [0.15, 0.2) is 152 Å². The van der Waals surface area contributed by atoms with Gasteiger partial charge in [-0.05, 0) is 194 Å². The summed E-state index contributed by atoms with van der Waals surface area (Å²) in [5, 5.41) is 0. The zero-order valence-corrected chi connectivity index (χ0v) is 49.5. The fraction of sp³-hybridized carbons (Fsp3) is 0.351. The van der Waals surface area contributed by atoms with Crippen LogP contribution in [-0.2, 0) is 32.5 Å². The predicted molar refractivity (Wildman–Crippen MR) is 339 cm³/mol. The molecule has 6 bridgehead atoms. The van der Waals surface area contributed by atoms with Crippen molar-refractivity contribution in [3.8, 4) is 22.3 Å². The van der Waals surface area contributed by atoms with Crippen LogP contribution in [0.5, 0.6) is 0 Å². The molecule has 6 aliphatic rings. The third-order valence-electron chi connectivity index (χ3n) is 20.9. The molecule has 398 valence electrons. The minimum absolute atomic E-state index is 0.0506. The molecule has 1 saturated carbocycles. The van der Waals surface area contributed by atoms with E-state index in [2.05, 4.69) is 263 Å². The number of nitrogens with two attached hydrogens (primary N) is 1. The maximum atomic E-state index is 7.63. The largest absolute Gasteiger partial charge is 0.398 e. The SMILES string of the molecule is CC(C)(C)c1ccc(N2c3ccc4cc3B3c5cc6c(cc5N(c5ccc(C(C)(C)C)cc5-c5ccccc5)c5cc(C(C)(C)C)cc2c53)C(C)(C)CCC6(C)c2cc3c(cc2N)C2(C)CCCC2(C)N43)c(-c2ccccc2)c1. The van der Waals surface area contributed by atoms with Crippen LogP contribution in [0.1, 0.15) is 168 Å². The number of rotatable bonds is 4. The Morgan fingerprint density at radius 2 is 0.962 bits per heavy atom. The molecule has 14 rings (SSSR count). The lowest BCUT2D eigenvalue weighted by Crippen LogP contribution is -2.62. The van der Waals surface area contributed by atoms with Crippen molar-refractivity contribution in [2.75, 3.05) is 20.4 Å². The van der Waals surface area contributed by atoms with Gasteiger partial charge >= 0.3 is 0 Å². The smallest absolute Gasteiger partial charge is 0.252 e. The number of hydrogen-bond acceptors (Lipinski definition) is 4. The first-order valence-corrected chi connectivity index (χ1v) is 29.6. The third kappa shape index (κ3) is 6.99. The first kappa shape index (κ1) is 50.3. The van der Waals surface area contributed by atoms with E-state index in [1.54, 1.807) is 0 Å². The molecular formula is C74H79BN4. The average molecular weight is 1040 g/mol. The van der Waals surface area contributed by atoms with E-state index in [1.165, 1.54) is 130 Å². The molecule has 5 heteroatoms. The van der Waals surface area contributed by atoms with Crippen molar-refractivity contribution in [3.63, 3.8) is 0 Å². The summed E-state index contributed by atoms with van der Waals surface area (Å²) in [5.41, 5.74) is 36.1. The Hall–Kier alpha value is -6.98. The van der Waals surface area contributed by atoms with Crippen molar-refractivity contribution >= 4 is 74.3 Å². The molecule has 0 aromatic heterocycles. The van der Waals surface area contributed by atoms with Crippen molar-refractivity contribution < 1.29 is 0 Å². The Bertz CT molecular complexity index is 3890. The van der Waals surface area contributed by atoms with Crippen LogP contribution in [0.3, 0.4) is 0 Å². The number of anilines is 9. The van der Waals surface area contributed by atoms with Gasteiger partial charge in [0.15, 0.2) is 0 Å². The second-order valence-corrected chi connectivity index (χ2v) is 29.1. The minimum Gasteiger partial charge on any atom is -0.398 e. The van der Waals surface area contributed by atoms with Gasteiger partial charge in [0.2, 0.25) is 0 Å². The maximum absolute atomic E-state index is 7.63. The van der Waals surface area contributed by atoms with E-state index in [1.807, 2.05) is 0 Å². The highest BCUT2D eigenvalue weighted by atomic mass is 15.3. The molecule has 0 amide bonds. The molecular weight excluding hydrogens is 956 g/mol. The molecule has 8 aromatic carbocycles.